The number of para-hydroxylation sites is 1. The van der Waals surface area contributed by atoms with Crippen LogP contribution in [0.25, 0.3) is 0 Å². The van der Waals surface area contributed by atoms with Crippen LogP contribution in [0.1, 0.15) is 18.4 Å². The lowest BCUT2D eigenvalue weighted by molar-refractivity contribution is -0.119. The summed E-state index contributed by atoms with van der Waals surface area (Å²) in [7, 11) is 0. The van der Waals surface area contributed by atoms with Crippen molar-refractivity contribution < 1.29 is 4.79 Å². The lowest BCUT2D eigenvalue weighted by Crippen LogP contribution is -2.37. The molecule has 1 amide bonds. The van der Waals surface area contributed by atoms with Gasteiger partial charge in [-0.15, -0.1) is 0 Å². The van der Waals surface area contributed by atoms with Crippen molar-refractivity contribution in [3.8, 4) is 18.2 Å². The maximum Gasteiger partial charge on any atom is 0.228 e. The molecule has 1 atom stereocenters. The molecule has 23 heavy (non-hydrogen) atoms. The Morgan fingerprint density at radius 3 is 2.61 bits per heavy atom. The Balaban J connectivity index is 2.23. The van der Waals surface area contributed by atoms with Crippen molar-refractivity contribution in [1.82, 2.24) is 0 Å². The van der Waals surface area contributed by atoms with Crippen molar-refractivity contribution in [1.29, 1.82) is 15.8 Å². The minimum atomic E-state index is -0.981. The SMILES string of the molecule is N#CC(C#N)=C(N)[C@H](C#N)CC(=O)N1CCCc2ccccc21. The molecular formula is C17H15N5O. The van der Waals surface area contributed by atoms with Crippen LogP contribution < -0.4 is 10.6 Å². The van der Waals surface area contributed by atoms with Crippen molar-refractivity contribution in [3.63, 3.8) is 0 Å². The lowest BCUT2D eigenvalue weighted by Gasteiger charge is -2.30. The standard InChI is InChI=1S/C17H15N5O/c18-9-13(17(21)14(10-19)11-20)8-16(23)22-7-3-5-12-4-1-2-6-15(12)22/h1-2,4,6,13H,3,5,7-8,21H2/t13-/m0/s1. The Bertz CT molecular complexity index is 759. The van der Waals surface area contributed by atoms with Crippen LogP contribution in [0.3, 0.4) is 0 Å². The number of carbonyl (C=O) groups is 1. The Hall–Kier alpha value is -3.30. The van der Waals surface area contributed by atoms with Crippen LogP contribution in [0.4, 0.5) is 5.69 Å². The number of rotatable bonds is 3. The van der Waals surface area contributed by atoms with Gasteiger partial charge in [0.25, 0.3) is 0 Å². The molecule has 114 valence electrons. The number of nitrogens with two attached hydrogens (primary N) is 1. The summed E-state index contributed by atoms with van der Waals surface area (Å²) in [6.07, 6.45) is 1.62. The zero-order valence-corrected chi connectivity index (χ0v) is 12.5. The van der Waals surface area contributed by atoms with Gasteiger partial charge in [-0.25, -0.2) is 0 Å². The average Bonchev–Trinajstić information content (AvgIpc) is 2.59. The average molecular weight is 305 g/mol. The molecule has 0 saturated heterocycles. The normalized spacial score (nSPS) is 13.7. The van der Waals surface area contributed by atoms with Gasteiger partial charge in [-0.2, -0.15) is 15.8 Å². The van der Waals surface area contributed by atoms with Crippen LogP contribution in [0.15, 0.2) is 35.5 Å². The van der Waals surface area contributed by atoms with Crippen molar-refractivity contribution in [2.45, 2.75) is 19.3 Å². The van der Waals surface area contributed by atoms with Crippen molar-refractivity contribution in [2.24, 2.45) is 11.7 Å². The summed E-state index contributed by atoms with van der Waals surface area (Å²) in [4.78, 5) is 14.2. The van der Waals surface area contributed by atoms with E-state index in [-0.39, 0.29) is 23.6 Å². The highest BCUT2D eigenvalue weighted by Gasteiger charge is 2.26. The fraction of sp³-hybridized carbons (Fsp3) is 0.294. The van der Waals surface area contributed by atoms with E-state index in [0.717, 1.165) is 24.1 Å². The maximum atomic E-state index is 12.6. The van der Waals surface area contributed by atoms with E-state index in [0.29, 0.717) is 6.54 Å². The van der Waals surface area contributed by atoms with Gasteiger partial charge < -0.3 is 10.6 Å². The van der Waals surface area contributed by atoms with E-state index in [1.54, 1.807) is 17.0 Å². The number of carbonyl (C=O) groups excluding carboxylic acids is 1. The predicted octanol–water partition coefficient (Wildman–Crippen LogP) is 1.76. The van der Waals surface area contributed by atoms with Gasteiger partial charge >= 0.3 is 0 Å². The third kappa shape index (κ3) is 3.31. The van der Waals surface area contributed by atoms with Crippen molar-refractivity contribution >= 4 is 11.6 Å². The molecule has 0 aliphatic carbocycles. The van der Waals surface area contributed by atoms with E-state index in [4.69, 9.17) is 16.3 Å². The van der Waals surface area contributed by atoms with Crippen LogP contribution in [-0.4, -0.2) is 12.5 Å². The van der Waals surface area contributed by atoms with Gasteiger partial charge in [0.1, 0.15) is 17.7 Å². The van der Waals surface area contributed by atoms with Gasteiger partial charge in [0, 0.05) is 18.7 Å². The molecule has 0 spiro atoms. The summed E-state index contributed by atoms with van der Waals surface area (Å²) in [6, 6.07) is 12.9. The minimum absolute atomic E-state index is 0.142. The molecule has 0 saturated carbocycles. The number of nitrogens with zero attached hydrogens (tertiary/aromatic N) is 4. The number of hydrogen-bond acceptors (Lipinski definition) is 5. The number of aryl methyl sites for hydroxylation is 1. The van der Waals surface area contributed by atoms with Crippen LogP contribution in [0.2, 0.25) is 0 Å². The molecule has 6 heteroatoms. The molecule has 1 aliphatic heterocycles. The molecule has 0 bridgehead atoms. The Labute approximate surface area is 134 Å². The number of fused-ring (bicyclic) bond motifs is 1. The van der Waals surface area contributed by atoms with Crippen LogP contribution in [0, 0.1) is 39.9 Å². The van der Waals surface area contributed by atoms with Gasteiger partial charge in [-0.05, 0) is 24.5 Å². The van der Waals surface area contributed by atoms with Gasteiger partial charge in [-0.1, -0.05) is 18.2 Å². The van der Waals surface area contributed by atoms with Crippen LogP contribution in [0.5, 0.6) is 0 Å². The molecule has 2 N–H and O–H groups in total. The summed E-state index contributed by atoms with van der Waals surface area (Å²) in [5.41, 5.74) is 7.20. The second kappa shape index (κ2) is 7.11. The number of hydrogen-bond donors (Lipinski definition) is 1. The highest BCUT2D eigenvalue weighted by atomic mass is 16.2. The van der Waals surface area contributed by atoms with Crippen molar-refractivity contribution in [3.05, 3.63) is 41.1 Å². The second-order valence-corrected chi connectivity index (χ2v) is 5.22. The zero-order valence-electron chi connectivity index (χ0n) is 12.5. The molecule has 0 radical (unpaired) electrons. The predicted molar refractivity (Wildman–Crippen MR) is 83.3 cm³/mol. The van der Waals surface area contributed by atoms with Crippen LogP contribution in [-0.2, 0) is 11.2 Å². The third-order valence-corrected chi connectivity index (χ3v) is 3.83. The van der Waals surface area contributed by atoms with E-state index in [1.807, 2.05) is 30.3 Å². The van der Waals surface area contributed by atoms with E-state index in [1.165, 1.54) is 0 Å². The fourth-order valence-corrected chi connectivity index (χ4v) is 2.63. The highest BCUT2D eigenvalue weighted by Crippen LogP contribution is 2.28. The van der Waals surface area contributed by atoms with E-state index >= 15 is 0 Å². The van der Waals surface area contributed by atoms with Gasteiger partial charge in [0.05, 0.1) is 17.7 Å². The summed E-state index contributed by atoms with van der Waals surface area (Å²) in [5.74, 6) is -1.22. The summed E-state index contributed by atoms with van der Waals surface area (Å²) >= 11 is 0. The van der Waals surface area contributed by atoms with E-state index in [9.17, 15) is 10.1 Å². The summed E-state index contributed by atoms with van der Waals surface area (Å²) in [5, 5.41) is 26.9. The second-order valence-electron chi connectivity index (χ2n) is 5.22. The maximum absolute atomic E-state index is 12.6. The number of amides is 1. The number of nitriles is 3. The number of allylic oxidation sites excluding steroid dienone is 2. The monoisotopic (exact) mass is 305 g/mol. The van der Waals surface area contributed by atoms with Gasteiger partial charge in [0.15, 0.2) is 0 Å². The van der Waals surface area contributed by atoms with Gasteiger partial charge in [-0.3, -0.25) is 4.79 Å². The molecule has 1 aromatic carbocycles. The van der Waals surface area contributed by atoms with Gasteiger partial charge in [0.2, 0.25) is 5.91 Å². The molecule has 2 rings (SSSR count). The molecule has 0 aromatic heterocycles. The largest absolute Gasteiger partial charge is 0.399 e. The molecule has 1 aliphatic rings. The number of anilines is 1. The molecule has 0 unspecified atom stereocenters. The highest BCUT2D eigenvalue weighted by molar-refractivity contribution is 5.95. The first kappa shape index (κ1) is 16.1. The summed E-state index contributed by atoms with van der Waals surface area (Å²) < 4.78 is 0. The Morgan fingerprint density at radius 2 is 1.96 bits per heavy atom. The lowest BCUT2D eigenvalue weighted by atomic mass is 9.97. The quantitative estimate of drug-likeness (QED) is 0.853. The Kier molecular flexibility index (Phi) is 4.97. The molecule has 1 aromatic rings. The first-order chi connectivity index (χ1) is 11.1. The Morgan fingerprint density at radius 1 is 1.26 bits per heavy atom. The molecule has 1 heterocycles. The fourth-order valence-electron chi connectivity index (χ4n) is 2.63. The minimum Gasteiger partial charge on any atom is -0.399 e. The zero-order chi connectivity index (χ0) is 16.8. The third-order valence-electron chi connectivity index (χ3n) is 3.83. The smallest absolute Gasteiger partial charge is 0.228 e. The van der Waals surface area contributed by atoms with E-state index < -0.39 is 5.92 Å². The first-order valence-electron chi connectivity index (χ1n) is 7.20. The molecule has 0 fully saturated rings. The summed E-state index contributed by atoms with van der Waals surface area (Å²) in [6.45, 7) is 0.584. The molecular weight excluding hydrogens is 290 g/mol. The van der Waals surface area contributed by atoms with E-state index in [2.05, 4.69) is 0 Å². The topological polar surface area (TPSA) is 118 Å². The van der Waals surface area contributed by atoms with Crippen LogP contribution >= 0.6 is 0 Å². The van der Waals surface area contributed by atoms with Crippen molar-refractivity contribution in [2.75, 3.05) is 11.4 Å². The number of benzene rings is 1. The first-order valence-corrected chi connectivity index (χ1v) is 7.20. The molecule has 6 nitrogen and oxygen atoms in total.